The van der Waals surface area contributed by atoms with Gasteiger partial charge in [-0.05, 0) is 18.7 Å². The van der Waals surface area contributed by atoms with E-state index in [1.807, 2.05) is 30.3 Å². The van der Waals surface area contributed by atoms with Crippen LogP contribution in [0, 0.1) is 11.8 Å². The van der Waals surface area contributed by atoms with E-state index in [0.29, 0.717) is 0 Å². The fraction of sp³-hybridized carbons (Fsp3) is 0.273. The van der Waals surface area contributed by atoms with Gasteiger partial charge in [0.05, 0.1) is 6.54 Å². The van der Waals surface area contributed by atoms with Gasteiger partial charge in [0, 0.05) is 5.56 Å². The van der Waals surface area contributed by atoms with Gasteiger partial charge >= 0.3 is 0 Å². The molecular formula is C11H14ClN. The molecule has 0 amide bonds. The number of rotatable bonds is 2. The van der Waals surface area contributed by atoms with Crippen molar-refractivity contribution < 1.29 is 0 Å². The minimum atomic E-state index is 0. The van der Waals surface area contributed by atoms with Crippen LogP contribution in [0.5, 0.6) is 0 Å². The molecule has 1 N–H and O–H groups in total. The molecule has 1 aromatic rings. The summed E-state index contributed by atoms with van der Waals surface area (Å²) in [5.41, 5.74) is 1.08. The molecule has 0 unspecified atom stereocenters. The van der Waals surface area contributed by atoms with Crippen molar-refractivity contribution in [3.63, 3.8) is 0 Å². The summed E-state index contributed by atoms with van der Waals surface area (Å²) in [7, 11) is 0. The Morgan fingerprint density at radius 2 is 1.92 bits per heavy atom. The summed E-state index contributed by atoms with van der Waals surface area (Å²) in [4.78, 5) is 0. The van der Waals surface area contributed by atoms with Gasteiger partial charge in [-0.3, -0.25) is 0 Å². The summed E-state index contributed by atoms with van der Waals surface area (Å²) in [5.74, 6) is 6.11. The second-order valence-electron chi connectivity index (χ2n) is 2.45. The zero-order valence-electron chi connectivity index (χ0n) is 7.71. The third-order valence-corrected chi connectivity index (χ3v) is 1.47. The van der Waals surface area contributed by atoms with Crippen molar-refractivity contribution in [2.45, 2.75) is 6.92 Å². The van der Waals surface area contributed by atoms with Crippen LogP contribution in [0.25, 0.3) is 0 Å². The zero-order valence-corrected chi connectivity index (χ0v) is 8.53. The smallest absolute Gasteiger partial charge is 0.0580 e. The van der Waals surface area contributed by atoms with Crippen molar-refractivity contribution in [2.24, 2.45) is 0 Å². The van der Waals surface area contributed by atoms with E-state index in [0.717, 1.165) is 18.7 Å². The molecule has 1 nitrogen and oxygen atoms in total. The predicted molar refractivity (Wildman–Crippen MR) is 59.1 cm³/mol. The van der Waals surface area contributed by atoms with Gasteiger partial charge in [0.15, 0.2) is 0 Å². The topological polar surface area (TPSA) is 12.0 Å². The van der Waals surface area contributed by atoms with Crippen molar-refractivity contribution in [1.82, 2.24) is 5.32 Å². The second-order valence-corrected chi connectivity index (χ2v) is 2.45. The van der Waals surface area contributed by atoms with Crippen molar-refractivity contribution in [3.8, 4) is 11.8 Å². The van der Waals surface area contributed by atoms with Crippen molar-refractivity contribution in [1.29, 1.82) is 0 Å². The lowest BCUT2D eigenvalue weighted by Crippen LogP contribution is -2.11. The van der Waals surface area contributed by atoms with Crippen LogP contribution in [0.2, 0.25) is 0 Å². The highest BCUT2D eigenvalue weighted by molar-refractivity contribution is 5.85. The van der Waals surface area contributed by atoms with Crippen LogP contribution < -0.4 is 5.32 Å². The summed E-state index contributed by atoms with van der Waals surface area (Å²) in [6.07, 6.45) is 0. The Kier molecular flexibility index (Phi) is 7.10. The van der Waals surface area contributed by atoms with E-state index in [4.69, 9.17) is 0 Å². The third kappa shape index (κ3) is 5.30. The lowest BCUT2D eigenvalue weighted by atomic mass is 10.2. The fourth-order valence-corrected chi connectivity index (χ4v) is 0.855. The quantitative estimate of drug-likeness (QED) is 0.563. The predicted octanol–water partition coefficient (Wildman–Crippen LogP) is 2.07. The summed E-state index contributed by atoms with van der Waals surface area (Å²) < 4.78 is 0. The first-order chi connectivity index (χ1) is 5.93. The molecule has 0 aliphatic rings. The minimum Gasteiger partial charge on any atom is -0.306 e. The number of hydrogen-bond acceptors (Lipinski definition) is 1. The summed E-state index contributed by atoms with van der Waals surface area (Å²) in [6, 6.07) is 10.0. The van der Waals surface area contributed by atoms with Crippen LogP contribution in [-0.4, -0.2) is 13.1 Å². The average molecular weight is 196 g/mol. The number of benzene rings is 1. The average Bonchev–Trinajstić information content (AvgIpc) is 2.14. The van der Waals surface area contributed by atoms with E-state index in [9.17, 15) is 0 Å². The normalized spacial score (nSPS) is 8.08. The van der Waals surface area contributed by atoms with Crippen LogP contribution in [0.1, 0.15) is 12.5 Å². The van der Waals surface area contributed by atoms with E-state index < -0.39 is 0 Å². The first kappa shape index (κ1) is 12.0. The highest BCUT2D eigenvalue weighted by atomic mass is 35.5. The molecule has 0 saturated heterocycles. The SMILES string of the molecule is CCNCC#Cc1ccccc1.Cl. The molecular weight excluding hydrogens is 182 g/mol. The molecule has 2 heteroatoms. The minimum absolute atomic E-state index is 0. The summed E-state index contributed by atoms with van der Waals surface area (Å²) >= 11 is 0. The zero-order chi connectivity index (χ0) is 8.65. The highest BCUT2D eigenvalue weighted by Gasteiger charge is 1.79. The van der Waals surface area contributed by atoms with Gasteiger partial charge in [-0.15, -0.1) is 12.4 Å². The molecule has 0 heterocycles. The van der Waals surface area contributed by atoms with Gasteiger partial charge < -0.3 is 5.32 Å². The molecule has 0 aliphatic heterocycles. The molecule has 1 rings (SSSR count). The maximum atomic E-state index is 3.14. The van der Waals surface area contributed by atoms with E-state index >= 15 is 0 Å². The molecule has 0 aromatic heterocycles. The fourth-order valence-electron chi connectivity index (χ4n) is 0.855. The van der Waals surface area contributed by atoms with Crippen molar-refractivity contribution in [2.75, 3.05) is 13.1 Å². The first-order valence-electron chi connectivity index (χ1n) is 4.18. The maximum Gasteiger partial charge on any atom is 0.0580 e. The lowest BCUT2D eigenvalue weighted by molar-refractivity contribution is 0.811. The Hall–Kier alpha value is -0.970. The Balaban J connectivity index is 0.00000144. The summed E-state index contributed by atoms with van der Waals surface area (Å²) in [6.45, 7) is 3.82. The molecule has 70 valence electrons. The third-order valence-electron chi connectivity index (χ3n) is 1.47. The van der Waals surface area contributed by atoms with Gasteiger partial charge in [-0.2, -0.15) is 0 Å². The van der Waals surface area contributed by atoms with Crippen LogP contribution in [0.4, 0.5) is 0 Å². The van der Waals surface area contributed by atoms with Gasteiger partial charge in [0.2, 0.25) is 0 Å². The largest absolute Gasteiger partial charge is 0.306 e. The molecule has 0 aliphatic carbocycles. The maximum absolute atomic E-state index is 3.14. The van der Waals surface area contributed by atoms with Gasteiger partial charge in [-0.1, -0.05) is 37.0 Å². The lowest BCUT2D eigenvalue weighted by Gasteiger charge is -1.89. The van der Waals surface area contributed by atoms with Crippen molar-refractivity contribution >= 4 is 12.4 Å². The van der Waals surface area contributed by atoms with Gasteiger partial charge in [0.25, 0.3) is 0 Å². The standard InChI is InChI=1S/C11H13N.ClH/c1-2-12-10-6-9-11-7-4-3-5-8-11;/h3-5,7-8,12H,2,10H2,1H3;1H. The molecule has 0 fully saturated rings. The molecule has 1 aromatic carbocycles. The van der Waals surface area contributed by atoms with Crippen LogP contribution in [0.3, 0.4) is 0 Å². The van der Waals surface area contributed by atoms with Crippen molar-refractivity contribution in [3.05, 3.63) is 35.9 Å². The van der Waals surface area contributed by atoms with E-state index in [1.54, 1.807) is 0 Å². The Morgan fingerprint density at radius 1 is 1.23 bits per heavy atom. The van der Waals surface area contributed by atoms with Crippen LogP contribution in [0.15, 0.2) is 30.3 Å². The van der Waals surface area contributed by atoms with Gasteiger partial charge in [-0.25, -0.2) is 0 Å². The monoisotopic (exact) mass is 195 g/mol. The van der Waals surface area contributed by atoms with Crippen LogP contribution in [-0.2, 0) is 0 Å². The first-order valence-corrected chi connectivity index (χ1v) is 4.18. The Labute approximate surface area is 86.0 Å². The number of hydrogen-bond donors (Lipinski definition) is 1. The second kappa shape index (κ2) is 7.67. The Bertz CT molecular complexity index is 271. The van der Waals surface area contributed by atoms with E-state index in [-0.39, 0.29) is 12.4 Å². The van der Waals surface area contributed by atoms with Gasteiger partial charge in [0.1, 0.15) is 0 Å². The molecule has 0 radical (unpaired) electrons. The molecule has 0 spiro atoms. The molecule has 0 bridgehead atoms. The van der Waals surface area contributed by atoms with E-state index in [1.165, 1.54) is 0 Å². The molecule has 13 heavy (non-hydrogen) atoms. The molecule has 0 atom stereocenters. The number of halogens is 1. The summed E-state index contributed by atoms with van der Waals surface area (Å²) in [5, 5.41) is 3.14. The molecule has 0 saturated carbocycles. The van der Waals surface area contributed by atoms with E-state index in [2.05, 4.69) is 24.1 Å². The highest BCUT2D eigenvalue weighted by Crippen LogP contribution is 1.93. The van der Waals surface area contributed by atoms with Crippen LogP contribution >= 0.6 is 12.4 Å². The Morgan fingerprint density at radius 3 is 2.54 bits per heavy atom. The number of nitrogens with one attached hydrogen (secondary N) is 1.